The van der Waals surface area contributed by atoms with Crippen LogP contribution in [-0.4, -0.2) is 12.6 Å². The Labute approximate surface area is 102 Å². The quantitative estimate of drug-likeness (QED) is 0.858. The largest absolute Gasteiger partial charge is 0.369 e. The molecule has 1 saturated heterocycles. The van der Waals surface area contributed by atoms with Gasteiger partial charge in [-0.3, -0.25) is 0 Å². The SMILES string of the molecule is CC1CCCCN1c1ccc(Cl)cc1CN. The van der Waals surface area contributed by atoms with Gasteiger partial charge in [0.2, 0.25) is 0 Å². The summed E-state index contributed by atoms with van der Waals surface area (Å²) in [5.41, 5.74) is 8.20. The number of nitrogens with zero attached hydrogens (tertiary/aromatic N) is 1. The Morgan fingerprint density at radius 3 is 2.94 bits per heavy atom. The third-order valence-electron chi connectivity index (χ3n) is 3.37. The summed E-state index contributed by atoms with van der Waals surface area (Å²) in [5, 5.41) is 0.772. The third kappa shape index (κ3) is 2.33. The first-order chi connectivity index (χ1) is 7.72. The van der Waals surface area contributed by atoms with E-state index in [0.717, 1.165) is 17.1 Å². The average Bonchev–Trinajstić information content (AvgIpc) is 2.30. The van der Waals surface area contributed by atoms with Crippen molar-refractivity contribution >= 4 is 17.3 Å². The van der Waals surface area contributed by atoms with Gasteiger partial charge in [0.25, 0.3) is 0 Å². The first-order valence-electron chi connectivity index (χ1n) is 5.97. The molecule has 0 bridgehead atoms. The molecular weight excluding hydrogens is 220 g/mol. The maximum absolute atomic E-state index is 6.00. The van der Waals surface area contributed by atoms with Gasteiger partial charge in [-0.1, -0.05) is 11.6 Å². The number of piperidine rings is 1. The molecule has 2 rings (SSSR count). The lowest BCUT2D eigenvalue weighted by Crippen LogP contribution is -2.38. The van der Waals surface area contributed by atoms with Gasteiger partial charge in [-0.15, -0.1) is 0 Å². The topological polar surface area (TPSA) is 29.3 Å². The van der Waals surface area contributed by atoms with Crippen LogP contribution in [0, 0.1) is 0 Å². The molecule has 0 spiro atoms. The molecule has 1 heterocycles. The van der Waals surface area contributed by atoms with Gasteiger partial charge in [-0.25, -0.2) is 0 Å². The standard InChI is InChI=1S/C13H19ClN2/c1-10-4-2-3-7-16(10)13-6-5-12(14)8-11(13)9-15/h5-6,8,10H,2-4,7,9,15H2,1H3. The number of rotatable bonds is 2. The smallest absolute Gasteiger partial charge is 0.0415 e. The molecule has 3 heteroatoms. The van der Waals surface area contributed by atoms with Gasteiger partial charge < -0.3 is 10.6 Å². The molecule has 2 N–H and O–H groups in total. The molecule has 1 aromatic carbocycles. The summed E-state index contributed by atoms with van der Waals surface area (Å²) in [6, 6.07) is 6.65. The molecule has 2 nitrogen and oxygen atoms in total. The lowest BCUT2D eigenvalue weighted by molar-refractivity contribution is 0.484. The van der Waals surface area contributed by atoms with E-state index < -0.39 is 0 Å². The van der Waals surface area contributed by atoms with Gasteiger partial charge in [0, 0.05) is 29.8 Å². The summed E-state index contributed by atoms with van der Waals surface area (Å²) in [4.78, 5) is 2.46. The monoisotopic (exact) mass is 238 g/mol. The maximum Gasteiger partial charge on any atom is 0.0415 e. The first-order valence-corrected chi connectivity index (χ1v) is 6.35. The van der Waals surface area contributed by atoms with Crippen molar-refractivity contribution in [2.45, 2.75) is 38.8 Å². The van der Waals surface area contributed by atoms with Crippen LogP contribution in [-0.2, 0) is 6.54 Å². The van der Waals surface area contributed by atoms with Crippen molar-refractivity contribution in [3.05, 3.63) is 28.8 Å². The van der Waals surface area contributed by atoms with Gasteiger partial charge in [0.15, 0.2) is 0 Å². The van der Waals surface area contributed by atoms with Crippen LogP contribution in [0.1, 0.15) is 31.7 Å². The van der Waals surface area contributed by atoms with Crippen LogP contribution < -0.4 is 10.6 Å². The van der Waals surface area contributed by atoms with E-state index in [0.29, 0.717) is 12.6 Å². The molecule has 0 aromatic heterocycles. The van der Waals surface area contributed by atoms with Crippen molar-refractivity contribution in [3.63, 3.8) is 0 Å². The Kier molecular flexibility index (Phi) is 3.72. The molecule has 88 valence electrons. The predicted molar refractivity (Wildman–Crippen MR) is 70.0 cm³/mol. The molecule has 0 radical (unpaired) electrons. The van der Waals surface area contributed by atoms with E-state index in [1.54, 1.807) is 0 Å². The van der Waals surface area contributed by atoms with E-state index in [1.807, 2.05) is 12.1 Å². The van der Waals surface area contributed by atoms with Crippen molar-refractivity contribution in [2.75, 3.05) is 11.4 Å². The molecular formula is C13H19ClN2. The van der Waals surface area contributed by atoms with Gasteiger partial charge in [-0.05, 0) is 49.9 Å². The Balaban J connectivity index is 2.30. The summed E-state index contributed by atoms with van der Waals surface area (Å²) < 4.78 is 0. The maximum atomic E-state index is 6.00. The van der Waals surface area contributed by atoms with E-state index in [4.69, 9.17) is 17.3 Å². The van der Waals surface area contributed by atoms with Crippen LogP contribution in [0.5, 0.6) is 0 Å². The molecule has 1 aliphatic rings. The minimum atomic E-state index is 0.555. The Morgan fingerprint density at radius 1 is 1.44 bits per heavy atom. The highest BCUT2D eigenvalue weighted by Gasteiger charge is 2.20. The number of halogens is 1. The van der Waals surface area contributed by atoms with Gasteiger partial charge in [-0.2, -0.15) is 0 Å². The van der Waals surface area contributed by atoms with Crippen LogP contribution in [0.4, 0.5) is 5.69 Å². The van der Waals surface area contributed by atoms with Crippen LogP contribution in [0.15, 0.2) is 18.2 Å². The first kappa shape index (κ1) is 11.7. The second-order valence-corrected chi connectivity index (χ2v) is 4.95. The summed E-state index contributed by atoms with van der Waals surface area (Å²) in [5.74, 6) is 0. The van der Waals surface area contributed by atoms with Crippen molar-refractivity contribution < 1.29 is 0 Å². The summed E-state index contributed by atoms with van der Waals surface area (Å²) >= 11 is 6.00. The second-order valence-electron chi connectivity index (χ2n) is 4.52. The minimum Gasteiger partial charge on any atom is -0.369 e. The van der Waals surface area contributed by atoms with Gasteiger partial charge in [0.1, 0.15) is 0 Å². The van der Waals surface area contributed by atoms with Crippen LogP contribution in [0.3, 0.4) is 0 Å². The average molecular weight is 239 g/mol. The van der Waals surface area contributed by atoms with Crippen molar-refractivity contribution in [2.24, 2.45) is 5.73 Å². The highest BCUT2D eigenvalue weighted by atomic mass is 35.5. The number of hydrogen-bond donors (Lipinski definition) is 1. The second kappa shape index (κ2) is 5.07. The summed E-state index contributed by atoms with van der Waals surface area (Å²) in [7, 11) is 0. The van der Waals surface area contributed by atoms with Crippen LogP contribution in [0.25, 0.3) is 0 Å². The fraction of sp³-hybridized carbons (Fsp3) is 0.538. The van der Waals surface area contributed by atoms with Gasteiger partial charge >= 0.3 is 0 Å². The Morgan fingerprint density at radius 2 is 2.25 bits per heavy atom. The normalized spacial score (nSPS) is 21.2. The fourth-order valence-corrected chi connectivity index (χ4v) is 2.65. The molecule has 16 heavy (non-hydrogen) atoms. The zero-order chi connectivity index (χ0) is 11.5. The number of hydrogen-bond acceptors (Lipinski definition) is 2. The molecule has 1 unspecified atom stereocenters. The van der Waals surface area contributed by atoms with Crippen molar-refractivity contribution in [1.29, 1.82) is 0 Å². The molecule has 0 amide bonds. The lowest BCUT2D eigenvalue weighted by Gasteiger charge is -2.36. The Hall–Kier alpha value is -0.730. The molecule has 0 aliphatic carbocycles. The van der Waals surface area contributed by atoms with Crippen molar-refractivity contribution in [1.82, 2.24) is 0 Å². The molecule has 0 saturated carbocycles. The molecule has 1 aliphatic heterocycles. The van der Waals surface area contributed by atoms with Crippen LogP contribution >= 0.6 is 11.6 Å². The van der Waals surface area contributed by atoms with Crippen molar-refractivity contribution in [3.8, 4) is 0 Å². The number of anilines is 1. The lowest BCUT2D eigenvalue weighted by atomic mass is 10.0. The fourth-order valence-electron chi connectivity index (χ4n) is 2.45. The minimum absolute atomic E-state index is 0.555. The molecule has 1 fully saturated rings. The highest BCUT2D eigenvalue weighted by Crippen LogP contribution is 2.29. The zero-order valence-corrected chi connectivity index (χ0v) is 10.5. The molecule has 1 atom stereocenters. The summed E-state index contributed by atoms with van der Waals surface area (Å²) in [6.45, 7) is 3.98. The van der Waals surface area contributed by atoms with E-state index in [9.17, 15) is 0 Å². The number of benzene rings is 1. The van der Waals surface area contributed by atoms with E-state index >= 15 is 0 Å². The number of nitrogens with two attached hydrogens (primary N) is 1. The molecule has 1 aromatic rings. The third-order valence-corrected chi connectivity index (χ3v) is 3.61. The van der Waals surface area contributed by atoms with E-state index in [-0.39, 0.29) is 0 Å². The highest BCUT2D eigenvalue weighted by molar-refractivity contribution is 6.30. The van der Waals surface area contributed by atoms with Crippen LogP contribution in [0.2, 0.25) is 5.02 Å². The Bertz CT molecular complexity index is 365. The van der Waals surface area contributed by atoms with E-state index in [1.165, 1.54) is 24.9 Å². The van der Waals surface area contributed by atoms with E-state index in [2.05, 4.69) is 17.9 Å². The predicted octanol–water partition coefficient (Wildman–Crippen LogP) is 3.18. The zero-order valence-electron chi connectivity index (χ0n) is 9.75. The van der Waals surface area contributed by atoms with Gasteiger partial charge in [0.05, 0.1) is 0 Å². The summed E-state index contributed by atoms with van der Waals surface area (Å²) in [6.07, 6.45) is 3.88.